The average Bonchev–Trinajstić information content (AvgIpc) is 3.19. The predicted molar refractivity (Wildman–Crippen MR) is 100 cm³/mol. The number of ether oxygens (including phenoxy) is 2. The number of aliphatic hydroxyl groups is 1. The molecular weight excluding hydrogens is 352 g/mol. The molecular formula is C17H28N6O4. The van der Waals surface area contributed by atoms with Gasteiger partial charge in [-0.3, -0.25) is 14.3 Å². The van der Waals surface area contributed by atoms with Gasteiger partial charge in [0, 0.05) is 6.61 Å². The highest BCUT2D eigenvalue weighted by Gasteiger charge is 2.45. The highest BCUT2D eigenvalue weighted by molar-refractivity contribution is 5.70. The van der Waals surface area contributed by atoms with Crippen LogP contribution in [0.25, 0.3) is 11.2 Å². The van der Waals surface area contributed by atoms with Crippen molar-refractivity contribution in [3.05, 3.63) is 16.7 Å². The van der Waals surface area contributed by atoms with E-state index in [1.807, 2.05) is 6.92 Å². The van der Waals surface area contributed by atoms with E-state index in [9.17, 15) is 9.90 Å². The van der Waals surface area contributed by atoms with E-state index in [2.05, 4.69) is 15.0 Å². The van der Waals surface area contributed by atoms with Gasteiger partial charge in [-0.15, -0.1) is 0 Å². The van der Waals surface area contributed by atoms with E-state index < -0.39 is 24.0 Å². The Hall–Kier alpha value is -2.01. The van der Waals surface area contributed by atoms with Crippen LogP contribution in [0.15, 0.2) is 11.1 Å². The second kappa shape index (κ2) is 8.79. The maximum Gasteiger partial charge on any atom is 0.280 e. The van der Waals surface area contributed by atoms with Gasteiger partial charge in [-0.05, 0) is 25.8 Å². The fourth-order valence-electron chi connectivity index (χ4n) is 3.43. The Bertz CT molecular complexity index is 806. The molecule has 0 radical (unpaired) electrons. The number of aromatic nitrogens is 4. The molecule has 1 aliphatic rings. The molecule has 4 atom stereocenters. The number of nitrogen functional groups attached to an aromatic ring is 1. The van der Waals surface area contributed by atoms with Crippen LogP contribution in [0.2, 0.25) is 0 Å². The lowest BCUT2D eigenvalue weighted by Gasteiger charge is -2.20. The summed E-state index contributed by atoms with van der Waals surface area (Å²) in [7, 11) is 0. The minimum atomic E-state index is -0.904. The minimum Gasteiger partial charge on any atom is -0.386 e. The number of anilines is 1. The summed E-state index contributed by atoms with van der Waals surface area (Å²) in [6, 6.07) is 0. The van der Waals surface area contributed by atoms with E-state index >= 15 is 0 Å². The van der Waals surface area contributed by atoms with Crippen LogP contribution in [-0.4, -0.2) is 56.1 Å². The van der Waals surface area contributed by atoms with E-state index in [1.165, 1.54) is 6.33 Å². The number of aliphatic hydroxyl groups excluding tert-OH is 1. The molecule has 2 aromatic heterocycles. The first-order valence-corrected chi connectivity index (χ1v) is 9.44. The van der Waals surface area contributed by atoms with E-state index in [0.29, 0.717) is 19.6 Å². The van der Waals surface area contributed by atoms with Crippen molar-refractivity contribution in [2.75, 3.05) is 18.9 Å². The summed E-state index contributed by atoms with van der Waals surface area (Å²) in [4.78, 5) is 22.6. The van der Waals surface area contributed by atoms with Crippen LogP contribution in [0.5, 0.6) is 0 Å². The van der Waals surface area contributed by atoms with E-state index in [1.54, 1.807) is 4.57 Å². The number of rotatable bonds is 9. The van der Waals surface area contributed by atoms with Gasteiger partial charge in [0.05, 0.1) is 12.4 Å². The zero-order chi connectivity index (χ0) is 19.4. The molecule has 1 unspecified atom stereocenters. The Morgan fingerprint density at radius 2 is 2.15 bits per heavy atom. The molecule has 2 aromatic rings. The van der Waals surface area contributed by atoms with Crippen LogP contribution in [0.1, 0.15) is 45.3 Å². The predicted octanol–water partition coefficient (Wildman–Crippen LogP) is 0.274. The number of nitrogens with one attached hydrogen (secondary N) is 1. The number of nitrogens with zero attached hydrogens (tertiary/aromatic N) is 3. The first kappa shape index (κ1) is 19.7. The summed E-state index contributed by atoms with van der Waals surface area (Å²) in [6.45, 7) is 3.23. The maximum atomic E-state index is 12.0. The Labute approximate surface area is 156 Å². The van der Waals surface area contributed by atoms with E-state index in [4.69, 9.17) is 20.9 Å². The molecule has 10 nitrogen and oxygen atoms in total. The maximum absolute atomic E-state index is 12.0. The number of hydrogen-bond acceptors (Lipinski definition) is 8. The molecule has 10 heteroatoms. The third-order valence-corrected chi connectivity index (χ3v) is 4.85. The minimum absolute atomic E-state index is 0.0148. The van der Waals surface area contributed by atoms with Crippen LogP contribution in [0, 0.1) is 0 Å². The van der Waals surface area contributed by atoms with Crippen molar-refractivity contribution in [1.82, 2.24) is 19.5 Å². The van der Waals surface area contributed by atoms with Crippen molar-refractivity contribution < 1.29 is 14.6 Å². The molecule has 1 aliphatic heterocycles. The summed E-state index contributed by atoms with van der Waals surface area (Å²) in [6.07, 6.45) is 3.80. The molecule has 6 N–H and O–H groups in total. The smallest absolute Gasteiger partial charge is 0.280 e. The van der Waals surface area contributed by atoms with Gasteiger partial charge in [0.1, 0.15) is 12.2 Å². The molecule has 0 aromatic carbocycles. The second-order valence-corrected chi connectivity index (χ2v) is 6.78. The summed E-state index contributed by atoms with van der Waals surface area (Å²) in [5.41, 5.74) is 11.1. The van der Waals surface area contributed by atoms with E-state index in [0.717, 1.165) is 25.7 Å². The molecule has 0 bridgehead atoms. The normalized spacial score (nSPS) is 25.4. The van der Waals surface area contributed by atoms with Gasteiger partial charge < -0.3 is 26.0 Å². The van der Waals surface area contributed by atoms with Crippen LogP contribution < -0.4 is 17.0 Å². The SMILES string of the molecule is CC[C@H]1O[C@@H](n2cnc3c(=O)[nH]c(N)nc32)[C@@H](O)C1OCCCCCCN. The number of fused-ring (bicyclic) bond motifs is 1. The first-order valence-electron chi connectivity index (χ1n) is 9.44. The van der Waals surface area contributed by atoms with Gasteiger partial charge in [-0.2, -0.15) is 4.98 Å². The molecule has 0 amide bonds. The van der Waals surface area contributed by atoms with Gasteiger partial charge in [0.25, 0.3) is 5.56 Å². The molecule has 3 heterocycles. The number of imidazole rings is 1. The molecule has 0 aliphatic carbocycles. The number of hydrogen-bond donors (Lipinski definition) is 4. The van der Waals surface area contributed by atoms with Crippen molar-refractivity contribution in [2.24, 2.45) is 5.73 Å². The monoisotopic (exact) mass is 380 g/mol. The van der Waals surface area contributed by atoms with Crippen molar-refractivity contribution >= 4 is 17.1 Å². The second-order valence-electron chi connectivity index (χ2n) is 6.78. The number of aromatic amines is 1. The fraction of sp³-hybridized carbons (Fsp3) is 0.706. The Balaban J connectivity index is 1.72. The lowest BCUT2D eigenvalue weighted by atomic mass is 10.1. The van der Waals surface area contributed by atoms with Crippen LogP contribution in [0.4, 0.5) is 5.95 Å². The summed E-state index contributed by atoms with van der Waals surface area (Å²) in [5.74, 6) is -0.0148. The van der Waals surface area contributed by atoms with Gasteiger partial charge in [-0.25, -0.2) is 4.98 Å². The van der Waals surface area contributed by atoms with Crippen LogP contribution >= 0.6 is 0 Å². The summed E-state index contributed by atoms with van der Waals surface area (Å²) < 4.78 is 13.5. The van der Waals surface area contributed by atoms with Crippen molar-refractivity contribution in [3.63, 3.8) is 0 Å². The zero-order valence-corrected chi connectivity index (χ0v) is 15.5. The first-order chi connectivity index (χ1) is 13.1. The van der Waals surface area contributed by atoms with Crippen LogP contribution in [0.3, 0.4) is 0 Å². The summed E-state index contributed by atoms with van der Waals surface area (Å²) in [5, 5.41) is 10.8. The average molecular weight is 380 g/mol. The molecule has 0 saturated carbocycles. The van der Waals surface area contributed by atoms with Crippen molar-refractivity contribution in [2.45, 2.75) is 63.6 Å². The molecule has 1 fully saturated rings. The highest BCUT2D eigenvalue weighted by Crippen LogP contribution is 2.34. The molecule has 3 rings (SSSR count). The number of H-pyrrole nitrogens is 1. The molecule has 1 saturated heterocycles. The van der Waals surface area contributed by atoms with E-state index in [-0.39, 0.29) is 23.2 Å². The van der Waals surface area contributed by atoms with Crippen molar-refractivity contribution in [1.29, 1.82) is 0 Å². The standard InChI is InChI=1S/C17H28N6O4/c1-2-10-13(26-8-6-4-3-5-7-18)12(24)16(27-10)23-9-20-11-14(23)21-17(19)22-15(11)25/h9-10,12-13,16,24H,2-8,18H2,1H3,(H3,19,21,22,25)/t10-,12+,13?,16-/m1/s1. The zero-order valence-electron chi connectivity index (χ0n) is 15.5. The molecule has 150 valence electrons. The third kappa shape index (κ3) is 4.13. The Kier molecular flexibility index (Phi) is 6.42. The third-order valence-electron chi connectivity index (χ3n) is 4.85. The summed E-state index contributed by atoms with van der Waals surface area (Å²) >= 11 is 0. The fourth-order valence-corrected chi connectivity index (χ4v) is 3.43. The van der Waals surface area contributed by atoms with Gasteiger partial charge in [0.2, 0.25) is 5.95 Å². The molecule has 27 heavy (non-hydrogen) atoms. The van der Waals surface area contributed by atoms with Gasteiger partial charge in [0.15, 0.2) is 17.4 Å². The topological polar surface area (TPSA) is 154 Å². The van der Waals surface area contributed by atoms with Crippen LogP contribution in [-0.2, 0) is 9.47 Å². The van der Waals surface area contributed by atoms with Crippen molar-refractivity contribution in [3.8, 4) is 0 Å². The largest absolute Gasteiger partial charge is 0.386 e. The van der Waals surface area contributed by atoms with Gasteiger partial charge >= 0.3 is 0 Å². The lowest BCUT2D eigenvalue weighted by Crippen LogP contribution is -2.34. The quantitative estimate of drug-likeness (QED) is 0.452. The highest BCUT2D eigenvalue weighted by atomic mass is 16.6. The molecule has 0 spiro atoms. The lowest BCUT2D eigenvalue weighted by molar-refractivity contribution is -0.0397. The number of nitrogens with two attached hydrogens (primary N) is 2. The Morgan fingerprint density at radius 3 is 2.89 bits per heavy atom. The number of unbranched alkanes of at least 4 members (excludes halogenated alkanes) is 3. The Morgan fingerprint density at radius 1 is 1.37 bits per heavy atom. The van der Waals surface area contributed by atoms with Gasteiger partial charge in [-0.1, -0.05) is 19.8 Å².